The van der Waals surface area contributed by atoms with E-state index in [4.69, 9.17) is 17.3 Å². The Morgan fingerprint density at radius 2 is 2.05 bits per heavy atom. The molecule has 1 atom stereocenters. The first kappa shape index (κ1) is 14.0. The summed E-state index contributed by atoms with van der Waals surface area (Å²) in [6, 6.07) is 6.62. The van der Waals surface area contributed by atoms with Gasteiger partial charge in [0.1, 0.15) is 0 Å². The van der Waals surface area contributed by atoms with Crippen LogP contribution in [0.2, 0.25) is 5.02 Å². The second-order valence-corrected chi connectivity index (χ2v) is 5.19. The van der Waals surface area contributed by atoms with Gasteiger partial charge in [0.15, 0.2) is 5.78 Å². The van der Waals surface area contributed by atoms with E-state index in [9.17, 15) is 9.59 Å². The van der Waals surface area contributed by atoms with Crippen LogP contribution in [0.1, 0.15) is 29.6 Å². The molecule has 1 unspecified atom stereocenters. The summed E-state index contributed by atoms with van der Waals surface area (Å²) < 4.78 is 0. The first-order valence-electron chi connectivity index (χ1n) is 6.40. The zero-order valence-electron chi connectivity index (χ0n) is 10.6. The number of hydrogen-bond acceptors (Lipinski definition) is 3. The minimum absolute atomic E-state index is 0.0706. The van der Waals surface area contributed by atoms with E-state index < -0.39 is 0 Å². The quantitative estimate of drug-likeness (QED) is 0.856. The van der Waals surface area contributed by atoms with Crippen LogP contribution < -0.4 is 5.73 Å². The van der Waals surface area contributed by atoms with Gasteiger partial charge < -0.3 is 5.73 Å². The third kappa shape index (κ3) is 3.33. The van der Waals surface area contributed by atoms with Gasteiger partial charge in [-0.3, -0.25) is 14.5 Å². The molecule has 1 saturated heterocycles. The lowest BCUT2D eigenvalue weighted by atomic mass is 10.0. The second kappa shape index (κ2) is 6.17. The molecule has 5 heteroatoms. The lowest BCUT2D eigenvalue weighted by Crippen LogP contribution is -2.49. The van der Waals surface area contributed by atoms with E-state index >= 15 is 0 Å². The number of halogens is 1. The number of nitrogens with two attached hydrogens (primary N) is 1. The summed E-state index contributed by atoms with van der Waals surface area (Å²) in [5, 5.41) is 0.445. The summed E-state index contributed by atoms with van der Waals surface area (Å²) in [5.74, 6) is -0.426. The Balaban J connectivity index is 2.09. The van der Waals surface area contributed by atoms with Crippen molar-refractivity contribution in [3.05, 3.63) is 34.9 Å². The Morgan fingerprint density at radius 1 is 1.32 bits per heavy atom. The van der Waals surface area contributed by atoms with Crippen molar-refractivity contribution >= 4 is 23.3 Å². The van der Waals surface area contributed by atoms with Crippen LogP contribution in [0.25, 0.3) is 0 Å². The third-order valence-corrected chi connectivity index (χ3v) is 3.79. The van der Waals surface area contributed by atoms with Gasteiger partial charge in [0, 0.05) is 5.56 Å². The second-order valence-electron chi connectivity index (χ2n) is 4.79. The first-order chi connectivity index (χ1) is 9.09. The number of nitrogens with zero attached hydrogens (tertiary/aromatic N) is 1. The molecule has 2 N–H and O–H groups in total. The normalized spacial score (nSPS) is 20.2. The highest BCUT2D eigenvalue weighted by molar-refractivity contribution is 6.34. The van der Waals surface area contributed by atoms with Gasteiger partial charge in [-0.05, 0) is 31.5 Å². The molecule has 4 nitrogen and oxygen atoms in total. The van der Waals surface area contributed by atoms with E-state index in [0.29, 0.717) is 10.6 Å². The predicted octanol–water partition coefficient (Wildman–Crippen LogP) is 1.86. The minimum Gasteiger partial charge on any atom is -0.368 e. The van der Waals surface area contributed by atoms with Crippen LogP contribution in [0.15, 0.2) is 24.3 Å². The molecule has 0 spiro atoms. The number of piperidine rings is 1. The van der Waals surface area contributed by atoms with E-state index in [1.807, 2.05) is 4.90 Å². The van der Waals surface area contributed by atoms with Crippen LogP contribution in [-0.2, 0) is 4.79 Å². The molecule has 2 rings (SSSR count). The highest BCUT2D eigenvalue weighted by atomic mass is 35.5. The Labute approximate surface area is 117 Å². The summed E-state index contributed by atoms with van der Waals surface area (Å²) in [7, 11) is 0. The van der Waals surface area contributed by atoms with Crippen LogP contribution in [-0.4, -0.2) is 35.7 Å². The Kier molecular flexibility index (Phi) is 4.56. The summed E-state index contributed by atoms with van der Waals surface area (Å²) in [5.41, 5.74) is 5.88. The molecule has 1 aliphatic rings. The van der Waals surface area contributed by atoms with Crippen LogP contribution in [0.4, 0.5) is 0 Å². The number of benzene rings is 1. The molecule has 0 aromatic heterocycles. The largest absolute Gasteiger partial charge is 0.368 e. The summed E-state index contributed by atoms with van der Waals surface area (Å²) >= 11 is 6.00. The average molecular weight is 281 g/mol. The van der Waals surface area contributed by atoms with Gasteiger partial charge in [-0.25, -0.2) is 0 Å². The van der Waals surface area contributed by atoms with Crippen molar-refractivity contribution in [2.24, 2.45) is 5.73 Å². The molecule has 1 aromatic carbocycles. The van der Waals surface area contributed by atoms with Crippen molar-refractivity contribution in [2.75, 3.05) is 13.1 Å². The van der Waals surface area contributed by atoms with Gasteiger partial charge in [-0.15, -0.1) is 0 Å². The summed E-state index contributed by atoms with van der Waals surface area (Å²) in [4.78, 5) is 25.5. The SMILES string of the molecule is NC(=O)C1CCCCN1CC(=O)c1ccccc1Cl. The highest BCUT2D eigenvalue weighted by Gasteiger charge is 2.28. The maximum absolute atomic E-state index is 12.2. The lowest BCUT2D eigenvalue weighted by Gasteiger charge is -2.32. The van der Waals surface area contributed by atoms with Crippen molar-refractivity contribution in [1.82, 2.24) is 4.90 Å². The molecule has 102 valence electrons. The fraction of sp³-hybridized carbons (Fsp3) is 0.429. The number of ketones is 1. The fourth-order valence-electron chi connectivity index (χ4n) is 2.46. The smallest absolute Gasteiger partial charge is 0.234 e. The van der Waals surface area contributed by atoms with E-state index in [1.165, 1.54) is 0 Å². The van der Waals surface area contributed by atoms with Crippen molar-refractivity contribution in [3.8, 4) is 0 Å². The molecule has 1 aromatic rings. The average Bonchev–Trinajstić information content (AvgIpc) is 2.39. The van der Waals surface area contributed by atoms with E-state index in [1.54, 1.807) is 24.3 Å². The molecule has 0 radical (unpaired) electrons. The number of rotatable bonds is 4. The standard InChI is InChI=1S/C14H17ClN2O2/c15-11-6-2-1-5-10(11)13(18)9-17-8-4-3-7-12(17)14(16)19/h1-2,5-6,12H,3-4,7-9H2,(H2,16,19). The van der Waals surface area contributed by atoms with Crippen molar-refractivity contribution in [2.45, 2.75) is 25.3 Å². The number of likely N-dealkylation sites (tertiary alicyclic amines) is 1. The van der Waals surface area contributed by atoms with Crippen molar-refractivity contribution in [1.29, 1.82) is 0 Å². The topological polar surface area (TPSA) is 63.4 Å². The van der Waals surface area contributed by atoms with Crippen LogP contribution in [0.3, 0.4) is 0 Å². The molecular formula is C14H17ClN2O2. The molecule has 1 aliphatic heterocycles. The van der Waals surface area contributed by atoms with Gasteiger partial charge in [-0.2, -0.15) is 0 Å². The molecule has 1 heterocycles. The summed E-state index contributed by atoms with van der Waals surface area (Å²) in [6.45, 7) is 0.918. The summed E-state index contributed by atoms with van der Waals surface area (Å²) in [6.07, 6.45) is 2.69. The number of amides is 1. The highest BCUT2D eigenvalue weighted by Crippen LogP contribution is 2.20. The zero-order chi connectivity index (χ0) is 13.8. The van der Waals surface area contributed by atoms with Crippen molar-refractivity contribution in [3.63, 3.8) is 0 Å². The minimum atomic E-state index is -0.355. The van der Waals surface area contributed by atoms with Gasteiger partial charge in [0.25, 0.3) is 0 Å². The van der Waals surface area contributed by atoms with Gasteiger partial charge in [0.05, 0.1) is 17.6 Å². The molecule has 0 bridgehead atoms. The number of carbonyl (C=O) groups excluding carboxylic acids is 2. The maximum atomic E-state index is 12.2. The molecule has 0 aliphatic carbocycles. The number of primary amides is 1. The lowest BCUT2D eigenvalue weighted by molar-refractivity contribution is -0.124. The van der Waals surface area contributed by atoms with E-state index in [0.717, 1.165) is 25.8 Å². The fourth-order valence-corrected chi connectivity index (χ4v) is 2.70. The third-order valence-electron chi connectivity index (χ3n) is 3.46. The van der Waals surface area contributed by atoms with Gasteiger partial charge >= 0.3 is 0 Å². The van der Waals surface area contributed by atoms with Crippen LogP contribution in [0, 0.1) is 0 Å². The number of carbonyl (C=O) groups is 2. The Hall–Kier alpha value is -1.39. The number of Topliss-reactive ketones (excluding diaryl/α,β-unsaturated/α-hetero) is 1. The Morgan fingerprint density at radius 3 is 2.74 bits per heavy atom. The molecule has 1 fully saturated rings. The molecule has 19 heavy (non-hydrogen) atoms. The zero-order valence-corrected chi connectivity index (χ0v) is 11.4. The number of hydrogen-bond donors (Lipinski definition) is 1. The van der Waals surface area contributed by atoms with E-state index in [-0.39, 0.29) is 24.3 Å². The molecular weight excluding hydrogens is 264 g/mol. The predicted molar refractivity (Wildman–Crippen MR) is 74.2 cm³/mol. The first-order valence-corrected chi connectivity index (χ1v) is 6.78. The monoisotopic (exact) mass is 280 g/mol. The maximum Gasteiger partial charge on any atom is 0.234 e. The Bertz CT molecular complexity index is 490. The molecule has 1 amide bonds. The van der Waals surface area contributed by atoms with Crippen LogP contribution >= 0.6 is 11.6 Å². The van der Waals surface area contributed by atoms with Crippen LogP contribution in [0.5, 0.6) is 0 Å². The van der Waals surface area contributed by atoms with Gasteiger partial charge in [-0.1, -0.05) is 30.2 Å². The molecule has 0 saturated carbocycles. The van der Waals surface area contributed by atoms with Crippen molar-refractivity contribution < 1.29 is 9.59 Å². The van der Waals surface area contributed by atoms with E-state index in [2.05, 4.69) is 0 Å². The van der Waals surface area contributed by atoms with Gasteiger partial charge in [0.2, 0.25) is 5.91 Å².